The van der Waals surface area contributed by atoms with Crippen LogP contribution in [0.5, 0.6) is 11.5 Å². The zero-order valence-electron chi connectivity index (χ0n) is 22.7. The number of ether oxygens (including phenoxy) is 2. The number of hydrogen-bond acceptors (Lipinski definition) is 5. The van der Waals surface area contributed by atoms with E-state index >= 15 is 0 Å². The lowest BCUT2D eigenvalue weighted by Crippen LogP contribution is -2.80. The van der Waals surface area contributed by atoms with Gasteiger partial charge in [0.25, 0.3) is 0 Å². The van der Waals surface area contributed by atoms with Crippen molar-refractivity contribution in [3.63, 3.8) is 0 Å². The van der Waals surface area contributed by atoms with Crippen molar-refractivity contribution >= 4 is 5.78 Å². The second-order valence-electron chi connectivity index (χ2n) is 12.0. The number of carbonyl (C=O) groups is 1. The van der Waals surface area contributed by atoms with E-state index in [0.717, 1.165) is 50.8 Å². The van der Waals surface area contributed by atoms with Gasteiger partial charge in [-0.15, -0.1) is 0 Å². The van der Waals surface area contributed by atoms with Gasteiger partial charge in [0.1, 0.15) is 0 Å². The van der Waals surface area contributed by atoms with Gasteiger partial charge in [0.15, 0.2) is 22.9 Å². The van der Waals surface area contributed by atoms with Crippen LogP contribution >= 0.6 is 0 Å². The molecule has 0 radical (unpaired) electrons. The predicted octanol–water partition coefficient (Wildman–Crippen LogP) is 5.41. The second-order valence-corrected chi connectivity index (χ2v) is 12.0. The normalized spacial score (nSPS) is 30.6. The first-order valence-electron chi connectivity index (χ1n) is 14.5. The zero-order valence-corrected chi connectivity index (χ0v) is 22.7. The lowest BCUT2D eigenvalue weighted by Gasteiger charge is -2.66. The molecule has 2 fully saturated rings. The van der Waals surface area contributed by atoms with E-state index in [1.807, 2.05) is 6.92 Å². The van der Waals surface area contributed by atoms with E-state index in [2.05, 4.69) is 71.6 Å². The van der Waals surface area contributed by atoms with E-state index in [1.54, 1.807) is 6.07 Å². The van der Waals surface area contributed by atoms with Crippen LogP contribution in [-0.4, -0.2) is 52.7 Å². The Balaban J connectivity index is 1.28. The summed E-state index contributed by atoms with van der Waals surface area (Å²) in [6.07, 6.45) is 5.61. The van der Waals surface area contributed by atoms with E-state index in [0.29, 0.717) is 25.2 Å². The van der Waals surface area contributed by atoms with Gasteiger partial charge in [-0.3, -0.25) is 9.69 Å². The molecule has 1 saturated heterocycles. The average Bonchev–Trinajstić information content (AvgIpc) is 3.25. The fourth-order valence-electron chi connectivity index (χ4n) is 8.49. The van der Waals surface area contributed by atoms with Crippen LogP contribution in [0.4, 0.5) is 0 Å². The second kappa shape index (κ2) is 9.21. The summed E-state index contributed by atoms with van der Waals surface area (Å²) in [4.78, 5) is 16.4. The van der Waals surface area contributed by atoms with E-state index in [1.165, 1.54) is 16.7 Å². The zero-order chi connectivity index (χ0) is 26.7. The van der Waals surface area contributed by atoms with E-state index in [9.17, 15) is 9.90 Å². The highest BCUT2D eigenvalue weighted by atomic mass is 16.5. The number of rotatable bonds is 8. The van der Waals surface area contributed by atoms with Crippen LogP contribution in [0.25, 0.3) is 0 Å². The van der Waals surface area contributed by atoms with E-state index < -0.39 is 16.6 Å². The van der Waals surface area contributed by atoms with E-state index in [-0.39, 0.29) is 17.6 Å². The molecular formula is C34H37NO4. The number of Topliss-reactive ketones (excluding diaryl/α,β-unsaturated/α-hetero) is 1. The number of carbonyl (C=O) groups excluding carboxylic acids is 1. The van der Waals surface area contributed by atoms with Crippen molar-refractivity contribution in [2.24, 2.45) is 0 Å². The molecule has 3 aromatic carbocycles. The molecule has 0 aromatic heterocycles. The number of aromatic hydroxyl groups is 1. The van der Waals surface area contributed by atoms with Gasteiger partial charge < -0.3 is 14.6 Å². The van der Waals surface area contributed by atoms with Gasteiger partial charge in [0.2, 0.25) is 0 Å². The molecule has 2 aliphatic heterocycles. The number of likely N-dealkylation sites (tertiary alicyclic amines) is 1. The fourth-order valence-corrected chi connectivity index (χ4v) is 8.49. The summed E-state index contributed by atoms with van der Waals surface area (Å²) in [5.74, 6) is 0.777. The van der Waals surface area contributed by atoms with Gasteiger partial charge in [-0.05, 0) is 74.8 Å². The molecule has 5 heteroatoms. The van der Waals surface area contributed by atoms with Gasteiger partial charge in [0.05, 0.1) is 11.0 Å². The smallest absolute Gasteiger partial charge is 0.177 e. The van der Waals surface area contributed by atoms with Crippen LogP contribution in [0.15, 0.2) is 72.8 Å². The minimum Gasteiger partial charge on any atom is -0.504 e. The summed E-state index contributed by atoms with van der Waals surface area (Å²) < 4.78 is 13.8. The summed E-state index contributed by atoms with van der Waals surface area (Å²) >= 11 is 0. The third-order valence-corrected chi connectivity index (χ3v) is 10.3. The SMILES string of the molecule is C[C@@]12Oc3c(O)ccc4c3[C@@]13CCN(CCc1ccccc1)[C@H](C4)[C@]3(OCCCc1ccccc1)CCC2=O. The van der Waals surface area contributed by atoms with Crippen molar-refractivity contribution in [2.45, 2.75) is 74.5 Å². The maximum absolute atomic E-state index is 13.7. The Labute approximate surface area is 230 Å². The number of aryl methyl sites for hydroxylation is 1. The quantitative estimate of drug-likeness (QED) is 0.401. The first-order chi connectivity index (χ1) is 19.0. The van der Waals surface area contributed by atoms with Gasteiger partial charge in [-0.25, -0.2) is 0 Å². The molecule has 2 aliphatic carbocycles. The molecule has 1 N–H and O–H groups in total. The minimum absolute atomic E-state index is 0.131. The monoisotopic (exact) mass is 523 g/mol. The Hall–Kier alpha value is -3.15. The molecule has 2 heterocycles. The standard InChI is InChI=1S/C34H37NO4/c1-32-29(37)16-18-34(38-22-8-13-24-9-4-2-5-10-24)28-23-26-14-15-27(36)31(39-32)30(26)33(32,34)19-21-35(28)20-17-25-11-6-3-7-12-25/h2-7,9-12,14-15,28,36H,8,13,16-23H2,1H3/t28-,32+,33+,34-/m1/s1. The molecular weight excluding hydrogens is 486 g/mol. The highest BCUT2D eigenvalue weighted by Gasteiger charge is 2.78. The number of benzene rings is 3. The van der Waals surface area contributed by atoms with Gasteiger partial charge in [-0.1, -0.05) is 66.7 Å². The molecule has 4 atom stereocenters. The topological polar surface area (TPSA) is 59.0 Å². The number of phenols is 1. The molecule has 3 aromatic rings. The lowest BCUT2D eigenvalue weighted by atomic mass is 9.45. The summed E-state index contributed by atoms with van der Waals surface area (Å²) in [5.41, 5.74) is 2.71. The summed E-state index contributed by atoms with van der Waals surface area (Å²) in [6, 6.07) is 25.2. The first kappa shape index (κ1) is 24.9. The van der Waals surface area contributed by atoms with Crippen molar-refractivity contribution < 1.29 is 19.4 Å². The molecule has 1 spiro atoms. The Morgan fingerprint density at radius 3 is 2.44 bits per heavy atom. The summed E-state index contributed by atoms with van der Waals surface area (Å²) in [7, 11) is 0. The third-order valence-electron chi connectivity index (χ3n) is 10.3. The fraction of sp³-hybridized carbons (Fsp3) is 0.441. The molecule has 39 heavy (non-hydrogen) atoms. The van der Waals surface area contributed by atoms with Crippen LogP contribution < -0.4 is 4.74 Å². The predicted molar refractivity (Wildman–Crippen MR) is 150 cm³/mol. The molecule has 7 rings (SSSR count). The highest BCUT2D eigenvalue weighted by molar-refractivity contribution is 5.94. The maximum Gasteiger partial charge on any atom is 0.177 e. The van der Waals surface area contributed by atoms with Crippen molar-refractivity contribution in [3.05, 3.63) is 95.1 Å². The molecule has 5 nitrogen and oxygen atoms in total. The number of ketones is 1. The van der Waals surface area contributed by atoms with Crippen molar-refractivity contribution in [1.82, 2.24) is 4.90 Å². The molecule has 2 bridgehead atoms. The van der Waals surface area contributed by atoms with Crippen molar-refractivity contribution in [3.8, 4) is 11.5 Å². The maximum atomic E-state index is 13.7. The summed E-state index contributed by atoms with van der Waals surface area (Å²) in [5, 5.41) is 10.9. The molecule has 202 valence electrons. The Morgan fingerprint density at radius 2 is 1.69 bits per heavy atom. The Bertz CT molecular complexity index is 1390. The largest absolute Gasteiger partial charge is 0.504 e. The molecule has 1 saturated carbocycles. The summed E-state index contributed by atoms with van der Waals surface area (Å²) in [6.45, 7) is 4.44. The number of nitrogens with zero attached hydrogens (tertiary/aromatic N) is 1. The number of hydrogen-bond donors (Lipinski definition) is 1. The first-order valence-corrected chi connectivity index (χ1v) is 14.5. The van der Waals surface area contributed by atoms with Crippen LogP contribution in [-0.2, 0) is 34.2 Å². The third kappa shape index (κ3) is 3.49. The van der Waals surface area contributed by atoms with Gasteiger partial charge in [0, 0.05) is 31.2 Å². The van der Waals surface area contributed by atoms with Gasteiger partial charge >= 0.3 is 0 Å². The van der Waals surface area contributed by atoms with Crippen LogP contribution in [0.3, 0.4) is 0 Å². The Morgan fingerprint density at radius 1 is 0.974 bits per heavy atom. The van der Waals surface area contributed by atoms with E-state index in [4.69, 9.17) is 9.47 Å². The molecule has 0 amide bonds. The van der Waals surface area contributed by atoms with Crippen molar-refractivity contribution in [1.29, 1.82) is 0 Å². The van der Waals surface area contributed by atoms with Crippen LogP contribution in [0.2, 0.25) is 0 Å². The molecule has 0 unspecified atom stereocenters. The average molecular weight is 524 g/mol. The minimum atomic E-state index is -1.04. The van der Waals surface area contributed by atoms with Crippen LogP contribution in [0, 0.1) is 0 Å². The Kier molecular flexibility index (Phi) is 5.87. The molecule has 4 aliphatic rings. The lowest BCUT2D eigenvalue weighted by molar-refractivity contribution is -0.231. The van der Waals surface area contributed by atoms with Gasteiger partial charge in [-0.2, -0.15) is 0 Å². The number of phenolic OH excluding ortho intramolecular Hbond substituents is 1. The van der Waals surface area contributed by atoms with Crippen molar-refractivity contribution in [2.75, 3.05) is 19.7 Å². The highest BCUT2D eigenvalue weighted by Crippen LogP contribution is 2.69. The van der Waals surface area contributed by atoms with Crippen LogP contribution in [0.1, 0.15) is 54.9 Å². The number of piperidine rings is 1.